The van der Waals surface area contributed by atoms with Gasteiger partial charge in [0.15, 0.2) is 5.13 Å². The number of nitrogens with one attached hydrogen (secondary N) is 2. The molecule has 2 N–H and O–H groups in total. The summed E-state index contributed by atoms with van der Waals surface area (Å²) in [5.74, 6) is -0.102. The Kier molecular flexibility index (Phi) is 7.92. The minimum atomic E-state index is -0.102. The molecule has 0 aliphatic rings. The molecule has 1 heterocycles. The lowest BCUT2D eigenvalue weighted by Crippen LogP contribution is -2.30. The van der Waals surface area contributed by atoms with E-state index in [-0.39, 0.29) is 24.9 Å². The molecule has 21 heavy (non-hydrogen) atoms. The average Bonchev–Trinajstić information content (AvgIpc) is 2.93. The van der Waals surface area contributed by atoms with Crippen molar-refractivity contribution in [3.8, 4) is 10.4 Å². The Hall–Kier alpha value is -1.47. The van der Waals surface area contributed by atoms with E-state index in [1.807, 2.05) is 30.3 Å². The fourth-order valence-corrected chi connectivity index (χ4v) is 2.45. The van der Waals surface area contributed by atoms with Crippen LogP contribution >= 0.6 is 23.7 Å². The first-order valence-corrected chi connectivity index (χ1v) is 7.12. The van der Waals surface area contributed by atoms with Gasteiger partial charge in [-0.15, -0.1) is 12.4 Å². The van der Waals surface area contributed by atoms with Crippen molar-refractivity contribution in [2.75, 3.05) is 32.1 Å². The van der Waals surface area contributed by atoms with E-state index in [9.17, 15) is 4.79 Å². The van der Waals surface area contributed by atoms with E-state index in [1.54, 1.807) is 13.3 Å². The van der Waals surface area contributed by atoms with E-state index in [0.29, 0.717) is 18.3 Å². The molecule has 0 saturated carbocycles. The van der Waals surface area contributed by atoms with Crippen LogP contribution in [0.15, 0.2) is 36.5 Å². The SMILES string of the molecule is COCCNCC(=O)Nc1ncc(-c2ccccc2)s1.Cl. The topological polar surface area (TPSA) is 63.2 Å². The summed E-state index contributed by atoms with van der Waals surface area (Å²) in [5.41, 5.74) is 1.10. The number of amides is 1. The molecule has 0 aliphatic carbocycles. The van der Waals surface area contributed by atoms with Gasteiger partial charge in [-0.1, -0.05) is 41.7 Å². The maximum Gasteiger partial charge on any atom is 0.240 e. The van der Waals surface area contributed by atoms with Crippen molar-refractivity contribution >= 4 is 34.8 Å². The van der Waals surface area contributed by atoms with Crippen molar-refractivity contribution in [1.29, 1.82) is 0 Å². The highest BCUT2D eigenvalue weighted by molar-refractivity contribution is 7.19. The number of aromatic nitrogens is 1. The van der Waals surface area contributed by atoms with Crippen LogP contribution < -0.4 is 10.6 Å². The molecule has 0 spiro atoms. The van der Waals surface area contributed by atoms with Crippen LogP contribution in [0.25, 0.3) is 10.4 Å². The van der Waals surface area contributed by atoms with Crippen molar-refractivity contribution < 1.29 is 9.53 Å². The van der Waals surface area contributed by atoms with Crippen LogP contribution in [0, 0.1) is 0 Å². The number of hydrogen-bond acceptors (Lipinski definition) is 5. The van der Waals surface area contributed by atoms with Crippen molar-refractivity contribution in [3.63, 3.8) is 0 Å². The number of benzene rings is 1. The molecule has 1 aromatic heterocycles. The summed E-state index contributed by atoms with van der Waals surface area (Å²) in [5, 5.41) is 6.37. The van der Waals surface area contributed by atoms with Gasteiger partial charge in [-0.3, -0.25) is 4.79 Å². The summed E-state index contributed by atoms with van der Waals surface area (Å²) >= 11 is 1.46. The highest BCUT2D eigenvalue weighted by Crippen LogP contribution is 2.28. The number of thiazole rings is 1. The highest BCUT2D eigenvalue weighted by atomic mass is 35.5. The van der Waals surface area contributed by atoms with Gasteiger partial charge in [0.05, 0.1) is 18.0 Å². The third-order valence-corrected chi connectivity index (χ3v) is 3.54. The summed E-state index contributed by atoms with van der Waals surface area (Å²) in [6.07, 6.45) is 1.77. The fourth-order valence-electron chi connectivity index (χ4n) is 1.61. The van der Waals surface area contributed by atoms with Crippen molar-refractivity contribution in [2.45, 2.75) is 0 Å². The predicted octanol–water partition coefficient (Wildman–Crippen LogP) is 2.41. The molecule has 1 aromatic carbocycles. The number of halogens is 1. The number of methoxy groups -OCH3 is 1. The van der Waals surface area contributed by atoms with Crippen LogP contribution in [0.3, 0.4) is 0 Å². The summed E-state index contributed by atoms with van der Waals surface area (Å²) in [4.78, 5) is 16.9. The maximum absolute atomic E-state index is 11.7. The molecule has 2 rings (SSSR count). The molecular weight excluding hydrogens is 310 g/mol. The van der Waals surface area contributed by atoms with Gasteiger partial charge in [-0.2, -0.15) is 0 Å². The van der Waals surface area contributed by atoms with Gasteiger partial charge in [-0.05, 0) is 5.56 Å². The van der Waals surface area contributed by atoms with Crippen LogP contribution in [-0.2, 0) is 9.53 Å². The molecule has 0 radical (unpaired) electrons. The van der Waals surface area contributed by atoms with Crippen LogP contribution in [-0.4, -0.2) is 37.7 Å². The first-order chi connectivity index (χ1) is 9.79. The van der Waals surface area contributed by atoms with Gasteiger partial charge in [0.2, 0.25) is 5.91 Å². The molecule has 114 valence electrons. The number of anilines is 1. The largest absolute Gasteiger partial charge is 0.383 e. The molecule has 7 heteroatoms. The molecule has 0 unspecified atom stereocenters. The third-order valence-electron chi connectivity index (χ3n) is 2.58. The number of carbonyl (C=O) groups excluding carboxylic acids is 1. The monoisotopic (exact) mass is 327 g/mol. The first-order valence-electron chi connectivity index (χ1n) is 6.30. The minimum absolute atomic E-state index is 0. The Bertz CT molecular complexity index is 548. The zero-order valence-electron chi connectivity index (χ0n) is 11.7. The predicted molar refractivity (Wildman–Crippen MR) is 88.2 cm³/mol. The number of ether oxygens (including phenoxy) is 1. The van der Waals surface area contributed by atoms with Crippen LogP contribution in [0.1, 0.15) is 0 Å². The van der Waals surface area contributed by atoms with Crippen molar-refractivity contribution in [1.82, 2.24) is 10.3 Å². The fraction of sp³-hybridized carbons (Fsp3) is 0.286. The lowest BCUT2D eigenvalue weighted by molar-refractivity contribution is -0.115. The van der Waals surface area contributed by atoms with Crippen LogP contribution in [0.4, 0.5) is 5.13 Å². The summed E-state index contributed by atoms with van der Waals surface area (Å²) < 4.78 is 4.89. The van der Waals surface area contributed by atoms with Gasteiger partial charge >= 0.3 is 0 Å². The second kappa shape index (κ2) is 9.46. The lowest BCUT2D eigenvalue weighted by Gasteiger charge is -2.03. The second-order valence-corrected chi connectivity index (χ2v) is 5.14. The minimum Gasteiger partial charge on any atom is -0.383 e. The number of hydrogen-bond donors (Lipinski definition) is 2. The number of rotatable bonds is 7. The van der Waals surface area contributed by atoms with Gasteiger partial charge in [0.1, 0.15) is 0 Å². The molecule has 1 amide bonds. The Morgan fingerprint density at radius 1 is 1.33 bits per heavy atom. The van der Waals surface area contributed by atoms with Crippen molar-refractivity contribution in [3.05, 3.63) is 36.5 Å². The van der Waals surface area contributed by atoms with E-state index in [4.69, 9.17) is 4.74 Å². The molecule has 0 aliphatic heterocycles. The Balaban J connectivity index is 0.00000220. The molecule has 0 bridgehead atoms. The third kappa shape index (κ3) is 5.81. The Labute approximate surface area is 134 Å². The first kappa shape index (κ1) is 17.6. The highest BCUT2D eigenvalue weighted by Gasteiger charge is 2.07. The van der Waals surface area contributed by atoms with E-state index >= 15 is 0 Å². The van der Waals surface area contributed by atoms with Gasteiger partial charge in [0.25, 0.3) is 0 Å². The standard InChI is InChI=1S/C14H17N3O2S.ClH/c1-19-8-7-15-10-13(18)17-14-16-9-12(20-14)11-5-3-2-4-6-11;/h2-6,9,15H,7-8,10H2,1H3,(H,16,17,18);1H. The zero-order chi connectivity index (χ0) is 14.2. The van der Waals surface area contributed by atoms with Crippen LogP contribution in [0.2, 0.25) is 0 Å². The molecule has 2 aromatic rings. The van der Waals surface area contributed by atoms with E-state index in [1.165, 1.54) is 11.3 Å². The molecule has 0 fully saturated rings. The maximum atomic E-state index is 11.7. The van der Waals surface area contributed by atoms with Crippen LogP contribution in [0.5, 0.6) is 0 Å². The second-order valence-electron chi connectivity index (χ2n) is 4.11. The average molecular weight is 328 g/mol. The van der Waals surface area contributed by atoms with Crippen molar-refractivity contribution in [2.24, 2.45) is 0 Å². The number of carbonyl (C=O) groups is 1. The smallest absolute Gasteiger partial charge is 0.240 e. The zero-order valence-corrected chi connectivity index (χ0v) is 13.3. The molecule has 5 nitrogen and oxygen atoms in total. The lowest BCUT2D eigenvalue weighted by atomic mass is 10.2. The summed E-state index contributed by atoms with van der Waals surface area (Å²) in [6, 6.07) is 9.97. The summed E-state index contributed by atoms with van der Waals surface area (Å²) in [7, 11) is 1.63. The molecular formula is C14H18ClN3O2S. The van der Waals surface area contributed by atoms with Gasteiger partial charge < -0.3 is 15.4 Å². The van der Waals surface area contributed by atoms with Gasteiger partial charge in [-0.25, -0.2) is 4.98 Å². The van der Waals surface area contributed by atoms with E-state index in [2.05, 4.69) is 15.6 Å². The van der Waals surface area contributed by atoms with E-state index < -0.39 is 0 Å². The molecule has 0 atom stereocenters. The Morgan fingerprint density at radius 2 is 2.10 bits per heavy atom. The normalized spacial score (nSPS) is 9.95. The summed E-state index contributed by atoms with van der Waals surface area (Å²) in [6.45, 7) is 1.49. The molecule has 0 saturated heterocycles. The Morgan fingerprint density at radius 3 is 2.81 bits per heavy atom. The van der Waals surface area contributed by atoms with Gasteiger partial charge in [0, 0.05) is 19.9 Å². The number of nitrogens with zero attached hydrogens (tertiary/aromatic N) is 1. The quantitative estimate of drug-likeness (QED) is 0.767. The van der Waals surface area contributed by atoms with E-state index in [0.717, 1.165) is 10.4 Å².